The van der Waals surface area contributed by atoms with Crippen LogP contribution in [0.3, 0.4) is 0 Å². The van der Waals surface area contributed by atoms with Gasteiger partial charge in [0.15, 0.2) is 0 Å². The first-order chi connectivity index (χ1) is 11.9. The first kappa shape index (κ1) is 16.6. The summed E-state index contributed by atoms with van der Waals surface area (Å²) in [6.45, 7) is 0.0239. The number of alkyl halides is 3. The summed E-state index contributed by atoms with van der Waals surface area (Å²) in [5, 5.41) is 2.60. The summed E-state index contributed by atoms with van der Waals surface area (Å²) in [6.07, 6.45) is -2.87. The minimum Gasteiger partial charge on any atom is -0.345 e. The highest BCUT2D eigenvalue weighted by atomic mass is 19.4. The van der Waals surface area contributed by atoms with Gasteiger partial charge in [0.25, 0.3) is 5.91 Å². The Hall–Kier alpha value is -3.27. The van der Waals surface area contributed by atoms with Crippen molar-refractivity contribution >= 4 is 16.9 Å². The van der Waals surface area contributed by atoms with Crippen LogP contribution >= 0.6 is 0 Å². The number of amides is 1. The molecule has 3 rings (SSSR count). The van der Waals surface area contributed by atoms with E-state index in [1.807, 2.05) is 0 Å². The Morgan fingerprint density at radius 2 is 2.04 bits per heavy atom. The third-order valence-corrected chi connectivity index (χ3v) is 3.44. The summed E-state index contributed by atoms with van der Waals surface area (Å²) in [7, 11) is 0. The zero-order valence-corrected chi connectivity index (χ0v) is 12.8. The third kappa shape index (κ3) is 3.98. The predicted octanol–water partition coefficient (Wildman–Crippen LogP) is 3.36. The normalized spacial score (nSPS) is 11.0. The molecule has 1 heterocycles. The van der Waals surface area contributed by atoms with E-state index in [-0.39, 0.29) is 18.0 Å². The number of nitrogens with zero attached hydrogens (tertiary/aromatic N) is 1. The van der Waals surface area contributed by atoms with E-state index in [0.717, 1.165) is 23.2 Å². The van der Waals surface area contributed by atoms with Gasteiger partial charge in [0.2, 0.25) is 0 Å². The minimum atomic E-state index is -4.41. The first-order valence-corrected chi connectivity index (χ1v) is 7.31. The van der Waals surface area contributed by atoms with Crippen molar-refractivity contribution in [2.45, 2.75) is 6.18 Å². The van der Waals surface area contributed by atoms with Crippen LogP contribution in [0.25, 0.3) is 11.0 Å². The fourth-order valence-electron chi connectivity index (χ4n) is 2.22. The number of H-pyrrole nitrogens is 1. The van der Waals surface area contributed by atoms with Crippen LogP contribution in [0.15, 0.2) is 48.8 Å². The Bertz CT molecular complexity index is 980. The van der Waals surface area contributed by atoms with Gasteiger partial charge in [0.05, 0.1) is 29.5 Å². The van der Waals surface area contributed by atoms with Crippen molar-refractivity contribution in [2.24, 2.45) is 0 Å². The predicted molar refractivity (Wildman–Crippen MR) is 86.7 cm³/mol. The molecule has 0 bridgehead atoms. The molecule has 0 unspecified atom stereocenters. The molecule has 0 aliphatic carbocycles. The summed E-state index contributed by atoms with van der Waals surface area (Å²) >= 11 is 0. The molecule has 2 N–H and O–H groups in total. The van der Waals surface area contributed by atoms with Crippen LogP contribution in [-0.4, -0.2) is 22.4 Å². The molecule has 1 amide bonds. The fourth-order valence-corrected chi connectivity index (χ4v) is 2.22. The van der Waals surface area contributed by atoms with Gasteiger partial charge in [-0.15, -0.1) is 0 Å². The van der Waals surface area contributed by atoms with Crippen LogP contribution in [0.5, 0.6) is 0 Å². The van der Waals surface area contributed by atoms with Crippen LogP contribution in [-0.2, 0) is 6.18 Å². The first-order valence-electron chi connectivity index (χ1n) is 7.31. The van der Waals surface area contributed by atoms with E-state index in [1.54, 1.807) is 18.2 Å². The molecule has 0 atom stereocenters. The van der Waals surface area contributed by atoms with Crippen molar-refractivity contribution < 1.29 is 18.0 Å². The summed E-state index contributed by atoms with van der Waals surface area (Å²) in [5.41, 5.74) is 1.42. The molecule has 0 fully saturated rings. The Kier molecular flexibility index (Phi) is 4.44. The Morgan fingerprint density at radius 1 is 1.20 bits per heavy atom. The maximum atomic E-state index is 12.6. The number of fused-ring (bicyclic) bond motifs is 1. The van der Waals surface area contributed by atoms with Crippen molar-refractivity contribution in [1.82, 2.24) is 15.3 Å². The zero-order chi connectivity index (χ0) is 17.9. The lowest BCUT2D eigenvalue weighted by atomic mass is 10.1. The zero-order valence-electron chi connectivity index (χ0n) is 12.8. The van der Waals surface area contributed by atoms with Crippen LogP contribution < -0.4 is 5.32 Å². The number of aromatic amines is 1. The quantitative estimate of drug-likeness (QED) is 0.701. The van der Waals surface area contributed by atoms with E-state index >= 15 is 0 Å². The van der Waals surface area contributed by atoms with Gasteiger partial charge in [-0.3, -0.25) is 4.79 Å². The molecule has 0 aliphatic heterocycles. The van der Waals surface area contributed by atoms with Crippen molar-refractivity contribution in [3.05, 3.63) is 65.5 Å². The van der Waals surface area contributed by atoms with Crippen LogP contribution in [0.1, 0.15) is 21.5 Å². The summed E-state index contributed by atoms with van der Waals surface area (Å²) in [6, 6.07) is 9.76. The van der Waals surface area contributed by atoms with Crippen molar-refractivity contribution in [3.8, 4) is 11.8 Å². The molecule has 25 heavy (non-hydrogen) atoms. The lowest BCUT2D eigenvalue weighted by Crippen LogP contribution is -2.23. The molecular formula is C18H12F3N3O. The second-order valence-corrected chi connectivity index (χ2v) is 5.20. The number of carbonyl (C=O) groups is 1. The molecular weight excluding hydrogens is 331 g/mol. The number of hydrogen-bond acceptors (Lipinski definition) is 2. The highest BCUT2D eigenvalue weighted by molar-refractivity contribution is 5.97. The van der Waals surface area contributed by atoms with E-state index in [2.05, 4.69) is 27.1 Å². The van der Waals surface area contributed by atoms with Crippen molar-refractivity contribution in [1.29, 1.82) is 0 Å². The van der Waals surface area contributed by atoms with Crippen molar-refractivity contribution in [2.75, 3.05) is 6.54 Å². The summed E-state index contributed by atoms with van der Waals surface area (Å²) < 4.78 is 37.9. The number of benzene rings is 2. The minimum absolute atomic E-state index is 0.0239. The number of rotatable bonds is 2. The van der Waals surface area contributed by atoms with E-state index in [4.69, 9.17) is 0 Å². The van der Waals surface area contributed by atoms with Gasteiger partial charge in [-0.1, -0.05) is 17.9 Å². The number of carbonyl (C=O) groups excluding carboxylic acids is 1. The lowest BCUT2D eigenvalue weighted by Gasteiger charge is -2.05. The average molecular weight is 343 g/mol. The molecule has 0 saturated carbocycles. The fraction of sp³-hybridized carbons (Fsp3) is 0.111. The van der Waals surface area contributed by atoms with E-state index < -0.39 is 11.7 Å². The van der Waals surface area contributed by atoms with Gasteiger partial charge in [-0.2, -0.15) is 13.2 Å². The number of nitrogens with one attached hydrogen (secondary N) is 2. The molecule has 0 radical (unpaired) electrons. The highest BCUT2D eigenvalue weighted by Crippen LogP contribution is 2.29. The highest BCUT2D eigenvalue weighted by Gasteiger charge is 2.30. The Balaban J connectivity index is 1.63. The standard InChI is InChI=1S/C18H12F3N3O/c19-18(20,21)14-5-1-3-12(9-14)4-2-8-22-17(25)13-6-7-15-16(10-13)24-11-23-15/h1,3,5-7,9-11H,8H2,(H,22,25)(H,23,24). The van der Waals surface area contributed by atoms with E-state index in [0.29, 0.717) is 5.56 Å². The topological polar surface area (TPSA) is 57.8 Å². The van der Waals surface area contributed by atoms with Crippen LogP contribution in [0.2, 0.25) is 0 Å². The molecule has 0 aliphatic rings. The Morgan fingerprint density at radius 3 is 2.84 bits per heavy atom. The molecule has 2 aromatic carbocycles. The maximum Gasteiger partial charge on any atom is 0.416 e. The second kappa shape index (κ2) is 6.69. The molecule has 126 valence electrons. The monoisotopic (exact) mass is 343 g/mol. The average Bonchev–Trinajstić information content (AvgIpc) is 3.05. The van der Waals surface area contributed by atoms with Crippen molar-refractivity contribution in [3.63, 3.8) is 0 Å². The summed E-state index contributed by atoms with van der Waals surface area (Å²) in [5.74, 6) is 4.93. The van der Waals surface area contributed by atoms with E-state index in [9.17, 15) is 18.0 Å². The van der Waals surface area contributed by atoms with Gasteiger partial charge in [-0.05, 0) is 36.4 Å². The smallest absolute Gasteiger partial charge is 0.345 e. The molecule has 1 aromatic heterocycles. The molecule has 4 nitrogen and oxygen atoms in total. The second-order valence-electron chi connectivity index (χ2n) is 5.20. The molecule has 3 aromatic rings. The number of aromatic nitrogens is 2. The Labute approximate surface area is 141 Å². The van der Waals surface area contributed by atoms with Gasteiger partial charge >= 0.3 is 6.18 Å². The summed E-state index contributed by atoms with van der Waals surface area (Å²) in [4.78, 5) is 19.0. The van der Waals surface area contributed by atoms with Gasteiger partial charge in [0.1, 0.15) is 0 Å². The van der Waals surface area contributed by atoms with Crippen LogP contribution in [0, 0.1) is 11.8 Å². The number of hydrogen-bond donors (Lipinski definition) is 2. The van der Waals surface area contributed by atoms with E-state index in [1.165, 1.54) is 18.5 Å². The molecule has 0 saturated heterocycles. The number of imidazole rings is 1. The number of halogens is 3. The SMILES string of the molecule is O=C(NCC#Cc1cccc(C(F)(F)F)c1)c1ccc2nc[nH]c2c1. The maximum absolute atomic E-state index is 12.6. The molecule has 0 spiro atoms. The van der Waals surface area contributed by atoms with Gasteiger partial charge < -0.3 is 10.3 Å². The largest absolute Gasteiger partial charge is 0.416 e. The third-order valence-electron chi connectivity index (χ3n) is 3.44. The van der Waals surface area contributed by atoms with Gasteiger partial charge in [0, 0.05) is 11.1 Å². The lowest BCUT2D eigenvalue weighted by molar-refractivity contribution is -0.137. The van der Waals surface area contributed by atoms with Crippen LogP contribution in [0.4, 0.5) is 13.2 Å². The molecule has 7 heteroatoms. The van der Waals surface area contributed by atoms with Gasteiger partial charge in [-0.25, -0.2) is 4.98 Å².